The van der Waals surface area contributed by atoms with Crippen LogP contribution in [0.4, 0.5) is 5.69 Å². The minimum atomic E-state index is 0.0709. The number of anilines is 1. The molecule has 0 bridgehead atoms. The molecule has 2 N–H and O–H groups in total. The number of nitrogens with one attached hydrogen (secondary N) is 2. The van der Waals surface area contributed by atoms with Crippen molar-refractivity contribution in [2.45, 2.75) is 6.54 Å². The van der Waals surface area contributed by atoms with Crippen molar-refractivity contribution >= 4 is 23.2 Å². The number of piperazine rings is 1. The van der Waals surface area contributed by atoms with Crippen LogP contribution in [-0.4, -0.2) is 32.6 Å². The maximum absolute atomic E-state index is 11.4. The summed E-state index contributed by atoms with van der Waals surface area (Å²) in [7, 11) is 1.90. The number of hydrogen-bond acceptors (Lipinski definition) is 3. The molecule has 1 amide bonds. The van der Waals surface area contributed by atoms with Gasteiger partial charge in [-0.2, -0.15) is 0 Å². The molecule has 1 fully saturated rings. The van der Waals surface area contributed by atoms with Gasteiger partial charge in [-0.05, 0) is 30.8 Å². The summed E-state index contributed by atoms with van der Waals surface area (Å²) in [4.78, 5) is 13.5. The molecule has 92 valence electrons. The van der Waals surface area contributed by atoms with E-state index in [1.165, 1.54) is 0 Å². The van der Waals surface area contributed by atoms with E-state index in [-0.39, 0.29) is 5.91 Å². The van der Waals surface area contributed by atoms with E-state index in [1.54, 1.807) is 0 Å². The Hall–Kier alpha value is -1.26. The predicted octanol–water partition coefficient (Wildman–Crippen LogP) is 0.996. The molecule has 4 nitrogen and oxygen atoms in total. The lowest BCUT2D eigenvalue weighted by Gasteiger charge is -2.30. The molecule has 1 aliphatic heterocycles. The van der Waals surface area contributed by atoms with Crippen molar-refractivity contribution in [3.63, 3.8) is 0 Å². The van der Waals surface area contributed by atoms with Crippen LogP contribution in [0.25, 0.3) is 0 Å². The van der Waals surface area contributed by atoms with Crippen molar-refractivity contribution in [3.8, 4) is 0 Å². The zero-order chi connectivity index (χ0) is 12.3. The van der Waals surface area contributed by atoms with E-state index in [9.17, 15) is 4.79 Å². The van der Waals surface area contributed by atoms with Crippen molar-refractivity contribution in [2.75, 3.05) is 31.6 Å². The van der Waals surface area contributed by atoms with Gasteiger partial charge in [0, 0.05) is 30.3 Å². The molecule has 0 spiro atoms. The number of amides is 1. The molecular formula is C12H16ClN3O. The van der Waals surface area contributed by atoms with Gasteiger partial charge in [0.25, 0.3) is 0 Å². The van der Waals surface area contributed by atoms with Gasteiger partial charge in [0.2, 0.25) is 5.91 Å². The Bertz CT molecular complexity index is 422. The van der Waals surface area contributed by atoms with E-state index < -0.39 is 0 Å². The molecule has 17 heavy (non-hydrogen) atoms. The highest BCUT2D eigenvalue weighted by molar-refractivity contribution is 6.30. The van der Waals surface area contributed by atoms with E-state index in [0.29, 0.717) is 13.1 Å². The summed E-state index contributed by atoms with van der Waals surface area (Å²) in [5.74, 6) is 0.0709. The molecule has 1 aromatic rings. The zero-order valence-corrected chi connectivity index (χ0v) is 10.5. The fraction of sp³-hybridized carbons (Fsp3) is 0.417. The maximum atomic E-state index is 11.4. The molecule has 2 rings (SSSR count). The van der Waals surface area contributed by atoms with Crippen LogP contribution in [0, 0.1) is 0 Å². The van der Waals surface area contributed by atoms with Crippen LogP contribution in [0.3, 0.4) is 0 Å². The Morgan fingerprint density at radius 1 is 1.53 bits per heavy atom. The Morgan fingerprint density at radius 3 is 3.06 bits per heavy atom. The fourth-order valence-corrected chi connectivity index (χ4v) is 2.23. The van der Waals surface area contributed by atoms with Gasteiger partial charge >= 0.3 is 0 Å². The second kappa shape index (κ2) is 5.38. The maximum Gasteiger partial charge on any atom is 0.239 e. The number of nitrogens with zero attached hydrogens (tertiary/aromatic N) is 1. The lowest BCUT2D eigenvalue weighted by Crippen LogP contribution is -2.48. The van der Waals surface area contributed by atoms with Crippen molar-refractivity contribution in [3.05, 3.63) is 28.8 Å². The van der Waals surface area contributed by atoms with Crippen LogP contribution in [0.5, 0.6) is 0 Å². The largest absolute Gasteiger partial charge is 0.360 e. The third-order valence-corrected chi connectivity index (χ3v) is 3.02. The van der Waals surface area contributed by atoms with Crippen molar-refractivity contribution < 1.29 is 4.79 Å². The van der Waals surface area contributed by atoms with Crippen LogP contribution in [-0.2, 0) is 11.3 Å². The van der Waals surface area contributed by atoms with Gasteiger partial charge < -0.3 is 15.5 Å². The summed E-state index contributed by atoms with van der Waals surface area (Å²) >= 11 is 5.99. The van der Waals surface area contributed by atoms with E-state index in [0.717, 1.165) is 29.4 Å². The fourth-order valence-electron chi connectivity index (χ4n) is 2.04. The van der Waals surface area contributed by atoms with Gasteiger partial charge in [-0.3, -0.25) is 4.79 Å². The summed E-state index contributed by atoms with van der Waals surface area (Å²) in [6, 6.07) is 5.79. The molecule has 0 atom stereocenters. The summed E-state index contributed by atoms with van der Waals surface area (Å²) in [5, 5.41) is 6.66. The highest BCUT2D eigenvalue weighted by Crippen LogP contribution is 2.24. The number of halogens is 1. The summed E-state index contributed by atoms with van der Waals surface area (Å²) in [6.07, 6.45) is 0. The molecule has 0 aromatic heterocycles. The smallest absolute Gasteiger partial charge is 0.239 e. The quantitative estimate of drug-likeness (QED) is 0.845. The average Bonchev–Trinajstić information content (AvgIpc) is 2.29. The topological polar surface area (TPSA) is 44.4 Å². The molecule has 0 radical (unpaired) electrons. The first kappa shape index (κ1) is 12.2. The van der Waals surface area contributed by atoms with E-state index in [4.69, 9.17) is 11.6 Å². The van der Waals surface area contributed by atoms with E-state index in [2.05, 4.69) is 15.5 Å². The number of hydrogen-bond donors (Lipinski definition) is 2. The SMILES string of the molecule is CNCc1cc(Cl)ccc1N1CCNC(=O)C1. The molecule has 0 saturated carbocycles. The minimum absolute atomic E-state index is 0.0709. The van der Waals surface area contributed by atoms with Gasteiger partial charge in [-0.15, -0.1) is 0 Å². The zero-order valence-electron chi connectivity index (χ0n) is 9.79. The number of carbonyl (C=O) groups is 1. The summed E-state index contributed by atoms with van der Waals surface area (Å²) < 4.78 is 0. The third-order valence-electron chi connectivity index (χ3n) is 2.79. The van der Waals surface area contributed by atoms with Crippen molar-refractivity contribution in [1.29, 1.82) is 0 Å². The van der Waals surface area contributed by atoms with Gasteiger partial charge in [0.15, 0.2) is 0 Å². The second-order valence-corrected chi connectivity index (χ2v) is 4.51. The van der Waals surface area contributed by atoms with Gasteiger partial charge in [0.05, 0.1) is 6.54 Å². The van der Waals surface area contributed by atoms with E-state index >= 15 is 0 Å². The van der Waals surface area contributed by atoms with Gasteiger partial charge in [0.1, 0.15) is 0 Å². The van der Waals surface area contributed by atoms with Crippen LogP contribution >= 0.6 is 11.6 Å². The molecule has 1 aliphatic rings. The van der Waals surface area contributed by atoms with E-state index in [1.807, 2.05) is 25.2 Å². The van der Waals surface area contributed by atoms with Crippen molar-refractivity contribution in [2.24, 2.45) is 0 Å². The number of benzene rings is 1. The predicted molar refractivity (Wildman–Crippen MR) is 69.4 cm³/mol. The first-order valence-electron chi connectivity index (χ1n) is 5.65. The molecule has 5 heteroatoms. The van der Waals surface area contributed by atoms with Crippen molar-refractivity contribution in [1.82, 2.24) is 10.6 Å². The lowest BCUT2D eigenvalue weighted by molar-refractivity contribution is -0.120. The minimum Gasteiger partial charge on any atom is -0.360 e. The average molecular weight is 254 g/mol. The van der Waals surface area contributed by atoms with Gasteiger partial charge in [-0.1, -0.05) is 11.6 Å². The Morgan fingerprint density at radius 2 is 2.35 bits per heavy atom. The molecule has 1 heterocycles. The second-order valence-electron chi connectivity index (χ2n) is 4.07. The Kier molecular flexibility index (Phi) is 3.86. The molecular weight excluding hydrogens is 238 g/mol. The highest BCUT2D eigenvalue weighted by Gasteiger charge is 2.18. The van der Waals surface area contributed by atoms with Gasteiger partial charge in [-0.25, -0.2) is 0 Å². The highest BCUT2D eigenvalue weighted by atomic mass is 35.5. The Labute approximate surface area is 106 Å². The molecule has 0 aliphatic carbocycles. The summed E-state index contributed by atoms with van der Waals surface area (Å²) in [5.41, 5.74) is 2.20. The first-order valence-corrected chi connectivity index (χ1v) is 6.03. The molecule has 0 unspecified atom stereocenters. The molecule has 1 saturated heterocycles. The van der Waals surface area contributed by atoms with Crippen LogP contribution in [0.1, 0.15) is 5.56 Å². The number of carbonyl (C=O) groups excluding carboxylic acids is 1. The van der Waals surface area contributed by atoms with Crippen LogP contribution in [0.15, 0.2) is 18.2 Å². The molecule has 1 aromatic carbocycles. The normalized spacial score (nSPS) is 15.9. The standard InChI is InChI=1S/C12H16ClN3O/c1-14-7-9-6-10(13)2-3-11(9)16-5-4-15-12(17)8-16/h2-3,6,14H,4-5,7-8H2,1H3,(H,15,17). The first-order chi connectivity index (χ1) is 8.20. The number of rotatable bonds is 3. The lowest BCUT2D eigenvalue weighted by atomic mass is 10.1. The Balaban J connectivity index is 2.26. The summed E-state index contributed by atoms with van der Waals surface area (Å²) in [6.45, 7) is 2.69. The monoisotopic (exact) mass is 253 g/mol. The van der Waals surface area contributed by atoms with Crippen LogP contribution in [0.2, 0.25) is 5.02 Å². The third kappa shape index (κ3) is 2.90. The van der Waals surface area contributed by atoms with Crippen LogP contribution < -0.4 is 15.5 Å².